The van der Waals surface area contributed by atoms with Crippen molar-refractivity contribution in [3.8, 4) is 0 Å². The van der Waals surface area contributed by atoms with Gasteiger partial charge < -0.3 is 20.1 Å². The van der Waals surface area contributed by atoms with Gasteiger partial charge in [-0.25, -0.2) is 0 Å². The number of piperidine rings is 1. The van der Waals surface area contributed by atoms with E-state index in [2.05, 4.69) is 25.4 Å². The third kappa shape index (κ3) is 4.65. The van der Waals surface area contributed by atoms with Crippen LogP contribution in [0.2, 0.25) is 0 Å². The Morgan fingerprint density at radius 2 is 1.90 bits per heavy atom. The highest BCUT2D eigenvalue weighted by Gasteiger charge is 2.32. The van der Waals surface area contributed by atoms with Crippen molar-refractivity contribution in [3.05, 3.63) is 47.5 Å². The van der Waals surface area contributed by atoms with E-state index in [0.29, 0.717) is 25.4 Å². The summed E-state index contributed by atoms with van der Waals surface area (Å²) < 4.78 is 2.23. The smallest absolute Gasteiger partial charge is 0.249 e. The molecule has 0 saturated carbocycles. The quantitative estimate of drug-likeness (QED) is 0.751. The lowest BCUT2D eigenvalue weighted by atomic mass is 9.94. The zero-order valence-electron chi connectivity index (χ0n) is 17.2. The Morgan fingerprint density at radius 1 is 1.17 bits per heavy atom. The second kappa shape index (κ2) is 10.0. The molecule has 0 bridgehead atoms. The van der Waals surface area contributed by atoms with Crippen LogP contribution in [0, 0.1) is 0 Å². The first-order valence-corrected chi connectivity index (χ1v) is 10.4. The monoisotopic (exact) mass is 432 g/mol. The van der Waals surface area contributed by atoms with Gasteiger partial charge in [-0.1, -0.05) is 37.3 Å². The van der Waals surface area contributed by atoms with Gasteiger partial charge in [0.2, 0.25) is 11.8 Å². The van der Waals surface area contributed by atoms with E-state index in [1.807, 2.05) is 35.2 Å². The van der Waals surface area contributed by atoms with Gasteiger partial charge in [0.05, 0.1) is 6.54 Å². The van der Waals surface area contributed by atoms with Crippen LogP contribution in [0.5, 0.6) is 0 Å². The number of likely N-dealkylation sites (tertiary alicyclic amines) is 1. The highest BCUT2D eigenvalue weighted by molar-refractivity contribution is 5.88. The highest BCUT2D eigenvalue weighted by atomic mass is 35.5. The van der Waals surface area contributed by atoms with Crippen LogP contribution in [-0.2, 0) is 22.7 Å². The molecule has 3 heterocycles. The fourth-order valence-corrected chi connectivity index (χ4v) is 4.15. The van der Waals surface area contributed by atoms with Gasteiger partial charge in [0, 0.05) is 38.5 Å². The van der Waals surface area contributed by atoms with E-state index in [4.69, 9.17) is 0 Å². The maximum absolute atomic E-state index is 13.2. The van der Waals surface area contributed by atoms with Gasteiger partial charge in [-0.05, 0) is 18.4 Å². The van der Waals surface area contributed by atoms with Gasteiger partial charge in [0.1, 0.15) is 17.7 Å². The summed E-state index contributed by atoms with van der Waals surface area (Å²) in [7, 11) is 0. The Morgan fingerprint density at radius 3 is 2.60 bits per heavy atom. The van der Waals surface area contributed by atoms with Crippen LogP contribution in [0.15, 0.2) is 30.3 Å². The number of hydrogen-bond donors (Lipinski definition) is 2. The Labute approximate surface area is 182 Å². The first-order valence-electron chi connectivity index (χ1n) is 10.4. The molecule has 30 heavy (non-hydrogen) atoms. The molecule has 1 aromatic heterocycles. The second-order valence-corrected chi connectivity index (χ2v) is 7.67. The molecular weight excluding hydrogens is 404 g/mol. The molecule has 2 N–H and O–H groups in total. The minimum atomic E-state index is -0.632. The molecule has 0 radical (unpaired) electrons. The van der Waals surface area contributed by atoms with Crippen molar-refractivity contribution >= 4 is 24.2 Å². The molecule has 0 aliphatic carbocycles. The highest BCUT2D eigenvalue weighted by Crippen LogP contribution is 2.29. The predicted molar refractivity (Wildman–Crippen MR) is 115 cm³/mol. The van der Waals surface area contributed by atoms with Gasteiger partial charge >= 0.3 is 0 Å². The first-order chi connectivity index (χ1) is 14.2. The Kier molecular flexibility index (Phi) is 7.44. The number of hydrogen-bond acceptors (Lipinski definition) is 5. The summed E-state index contributed by atoms with van der Waals surface area (Å²) in [6, 6.07) is 8.84. The summed E-state index contributed by atoms with van der Waals surface area (Å²) in [6.45, 7) is 5.72. The van der Waals surface area contributed by atoms with Gasteiger partial charge in [0.15, 0.2) is 0 Å². The number of halogens is 1. The summed E-state index contributed by atoms with van der Waals surface area (Å²) in [5.41, 5.74) is 0.820. The topological polar surface area (TPSA) is 92.2 Å². The van der Waals surface area contributed by atoms with Crippen LogP contribution < -0.4 is 10.6 Å². The summed E-state index contributed by atoms with van der Waals surface area (Å²) in [5, 5.41) is 15.0. The minimum Gasteiger partial charge on any atom is -0.341 e. The molecule has 9 heteroatoms. The Hall–Kier alpha value is -2.45. The molecule has 4 rings (SSSR count). The molecule has 1 saturated heterocycles. The fourth-order valence-electron chi connectivity index (χ4n) is 4.15. The lowest BCUT2D eigenvalue weighted by molar-refractivity contribution is -0.137. The predicted octanol–water partition coefficient (Wildman–Crippen LogP) is 1.78. The average molecular weight is 433 g/mol. The largest absolute Gasteiger partial charge is 0.341 e. The number of fused-ring (bicyclic) bond motifs is 1. The molecule has 2 amide bonds. The van der Waals surface area contributed by atoms with Gasteiger partial charge in [-0.2, -0.15) is 0 Å². The number of nitrogens with zero attached hydrogens (tertiary/aromatic N) is 4. The van der Waals surface area contributed by atoms with Gasteiger partial charge in [0.25, 0.3) is 0 Å². The third-order valence-corrected chi connectivity index (χ3v) is 5.83. The number of nitrogens with one attached hydrogen (secondary N) is 2. The summed E-state index contributed by atoms with van der Waals surface area (Å²) >= 11 is 0. The molecule has 1 aromatic carbocycles. The number of benzene rings is 1. The van der Waals surface area contributed by atoms with Crippen LogP contribution in [0.4, 0.5) is 0 Å². The van der Waals surface area contributed by atoms with Crippen LogP contribution in [0.25, 0.3) is 0 Å². The zero-order chi connectivity index (χ0) is 20.2. The number of amides is 2. The molecule has 0 spiro atoms. The number of aromatic nitrogens is 3. The van der Waals surface area contributed by atoms with Crippen molar-refractivity contribution in [1.82, 2.24) is 30.3 Å². The maximum atomic E-state index is 13.2. The van der Waals surface area contributed by atoms with Gasteiger partial charge in [-0.15, -0.1) is 22.6 Å². The van der Waals surface area contributed by atoms with E-state index in [1.165, 1.54) is 0 Å². The van der Waals surface area contributed by atoms with E-state index in [9.17, 15) is 9.59 Å². The SMILES string of the molecule is CCC(=O)NC(C(=O)N1CCC(c2nnc3n2CCNC3)CC1)c1ccccc1.Cl. The van der Waals surface area contributed by atoms with Crippen LogP contribution in [0.3, 0.4) is 0 Å². The van der Waals surface area contributed by atoms with E-state index in [-0.39, 0.29) is 24.2 Å². The molecule has 1 fully saturated rings. The number of carbonyl (C=O) groups excluding carboxylic acids is 2. The van der Waals surface area contributed by atoms with E-state index in [0.717, 1.165) is 49.7 Å². The van der Waals surface area contributed by atoms with E-state index < -0.39 is 6.04 Å². The molecule has 2 aliphatic rings. The zero-order valence-corrected chi connectivity index (χ0v) is 18.0. The molecule has 2 aromatic rings. The molecule has 1 unspecified atom stereocenters. The van der Waals surface area contributed by atoms with Crippen molar-refractivity contribution in [1.29, 1.82) is 0 Å². The number of rotatable bonds is 5. The third-order valence-electron chi connectivity index (χ3n) is 5.83. The Bertz CT molecular complexity index is 864. The molecule has 162 valence electrons. The lowest BCUT2D eigenvalue weighted by Crippen LogP contribution is -2.46. The van der Waals surface area contributed by atoms with Crippen LogP contribution >= 0.6 is 12.4 Å². The lowest BCUT2D eigenvalue weighted by Gasteiger charge is -2.34. The van der Waals surface area contributed by atoms with E-state index in [1.54, 1.807) is 6.92 Å². The van der Waals surface area contributed by atoms with Crippen molar-refractivity contribution in [2.45, 2.75) is 51.2 Å². The van der Waals surface area contributed by atoms with Crippen molar-refractivity contribution in [2.75, 3.05) is 19.6 Å². The second-order valence-electron chi connectivity index (χ2n) is 7.67. The molecular formula is C21H29ClN6O2. The molecule has 1 atom stereocenters. The van der Waals surface area contributed by atoms with Gasteiger partial charge in [-0.3, -0.25) is 9.59 Å². The van der Waals surface area contributed by atoms with Crippen molar-refractivity contribution in [3.63, 3.8) is 0 Å². The molecule has 2 aliphatic heterocycles. The number of carbonyl (C=O) groups is 2. The van der Waals surface area contributed by atoms with Crippen LogP contribution in [0.1, 0.15) is 55.4 Å². The standard InChI is InChI=1S/C21H28N6O2.ClH/c1-2-18(28)23-19(15-6-4-3-5-7-15)21(29)26-11-8-16(9-12-26)20-25-24-17-14-22-10-13-27(17)20;/h3-7,16,19,22H,2,8-14H2,1H3,(H,23,28);1H. The normalized spacial score (nSPS) is 17.6. The van der Waals surface area contributed by atoms with E-state index >= 15 is 0 Å². The van der Waals surface area contributed by atoms with Crippen molar-refractivity contribution in [2.24, 2.45) is 0 Å². The van der Waals surface area contributed by atoms with Crippen LogP contribution in [-0.4, -0.2) is 51.1 Å². The fraction of sp³-hybridized carbons (Fsp3) is 0.524. The average Bonchev–Trinajstić information content (AvgIpc) is 3.22. The summed E-state index contributed by atoms with van der Waals surface area (Å²) in [4.78, 5) is 27.1. The summed E-state index contributed by atoms with van der Waals surface area (Å²) in [6.07, 6.45) is 2.08. The van der Waals surface area contributed by atoms with Crippen molar-refractivity contribution < 1.29 is 9.59 Å². The summed E-state index contributed by atoms with van der Waals surface area (Å²) in [5.74, 6) is 2.21. The minimum absolute atomic E-state index is 0. The first kappa shape index (κ1) is 22.2. The Balaban J connectivity index is 0.00000256. The maximum Gasteiger partial charge on any atom is 0.249 e. The molecule has 8 nitrogen and oxygen atoms in total.